The molecule has 1 aromatic carbocycles. The Bertz CT molecular complexity index is 931. The van der Waals surface area contributed by atoms with Crippen molar-refractivity contribution in [1.29, 1.82) is 0 Å². The summed E-state index contributed by atoms with van der Waals surface area (Å²) < 4.78 is 10.5. The third-order valence-corrected chi connectivity index (χ3v) is 6.70. The number of carbonyl (C=O) groups is 2. The molecule has 1 saturated heterocycles. The Kier molecular flexibility index (Phi) is 8.68. The van der Waals surface area contributed by atoms with Crippen molar-refractivity contribution in [3.63, 3.8) is 0 Å². The molecule has 180 valence electrons. The van der Waals surface area contributed by atoms with Crippen LogP contribution in [0.3, 0.4) is 0 Å². The number of rotatable bonds is 9. The van der Waals surface area contributed by atoms with Crippen molar-refractivity contribution in [3.8, 4) is 11.5 Å². The Morgan fingerprint density at radius 2 is 1.79 bits per heavy atom. The molecule has 0 spiro atoms. The van der Waals surface area contributed by atoms with Gasteiger partial charge >= 0.3 is 0 Å². The van der Waals surface area contributed by atoms with E-state index in [1.165, 1.54) is 38.4 Å². The molecule has 2 heterocycles. The van der Waals surface area contributed by atoms with Crippen LogP contribution in [-0.4, -0.2) is 55.0 Å². The van der Waals surface area contributed by atoms with Gasteiger partial charge in [-0.3, -0.25) is 14.5 Å². The Labute approximate surface area is 199 Å². The lowest BCUT2D eigenvalue weighted by Gasteiger charge is -2.29. The third-order valence-electron chi connectivity index (χ3n) is 5.89. The largest absolute Gasteiger partial charge is 0.497 e. The van der Waals surface area contributed by atoms with Crippen LogP contribution in [0.25, 0.3) is 0 Å². The van der Waals surface area contributed by atoms with E-state index in [1.54, 1.807) is 18.2 Å². The Balaban J connectivity index is 1.62. The minimum absolute atomic E-state index is 0.115. The first-order valence-corrected chi connectivity index (χ1v) is 12.2. The van der Waals surface area contributed by atoms with Crippen molar-refractivity contribution in [3.05, 3.63) is 34.8 Å². The molecule has 0 aliphatic carbocycles. The molecule has 1 fully saturated rings. The van der Waals surface area contributed by atoms with Crippen molar-refractivity contribution in [1.82, 2.24) is 15.2 Å². The van der Waals surface area contributed by atoms with Crippen LogP contribution in [0.1, 0.15) is 49.7 Å². The van der Waals surface area contributed by atoms with Crippen molar-refractivity contribution in [2.24, 2.45) is 11.8 Å². The molecule has 1 atom stereocenters. The summed E-state index contributed by atoms with van der Waals surface area (Å²) in [7, 11) is 3.05. The zero-order valence-electron chi connectivity index (χ0n) is 20.0. The van der Waals surface area contributed by atoms with Gasteiger partial charge in [-0.05, 0) is 49.9 Å². The number of thiazole rings is 1. The fourth-order valence-electron chi connectivity index (χ4n) is 3.77. The van der Waals surface area contributed by atoms with Crippen molar-refractivity contribution >= 4 is 28.3 Å². The monoisotopic (exact) mass is 474 g/mol. The molecule has 0 radical (unpaired) electrons. The number of amides is 2. The number of nitrogens with zero attached hydrogens (tertiary/aromatic N) is 2. The Morgan fingerprint density at radius 1 is 1.15 bits per heavy atom. The fraction of sp³-hybridized carbons (Fsp3) is 0.542. The van der Waals surface area contributed by atoms with E-state index in [0.29, 0.717) is 22.2 Å². The molecule has 9 heteroatoms. The van der Waals surface area contributed by atoms with E-state index < -0.39 is 6.04 Å². The van der Waals surface area contributed by atoms with Gasteiger partial charge in [0.1, 0.15) is 17.5 Å². The minimum Gasteiger partial charge on any atom is -0.497 e. The van der Waals surface area contributed by atoms with E-state index in [-0.39, 0.29) is 17.7 Å². The van der Waals surface area contributed by atoms with Gasteiger partial charge in [0.15, 0.2) is 5.13 Å². The van der Waals surface area contributed by atoms with Crippen LogP contribution in [0.15, 0.2) is 23.6 Å². The molecule has 2 N–H and O–H groups in total. The van der Waals surface area contributed by atoms with Gasteiger partial charge in [0.25, 0.3) is 5.91 Å². The average Bonchev–Trinajstić information content (AvgIpc) is 3.24. The van der Waals surface area contributed by atoms with Crippen molar-refractivity contribution in [2.75, 3.05) is 32.6 Å². The van der Waals surface area contributed by atoms with Gasteiger partial charge in [-0.15, -0.1) is 11.3 Å². The average molecular weight is 475 g/mol. The standard InChI is InChI=1S/C24H34N4O4S/c1-15(2)21(26-22(29)17-10-19(31-4)12-20(11-17)32-5)23(30)27-24-25-18(14-33-24)13-28-8-6-16(3)7-9-28/h10-12,14-16,21H,6-9,13H2,1-5H3,(H,26,29)(H,25,27,30). The summed E-state index contributed by atoms with van der Waals surface area (Å²) in [6.07, 6.45) is 2.42. The van der Waals surface area contributed by atoms with Crippen LogP contribution < -0.4 is 20.1 Å². The molecule has 0 saturated carbocycles. The quantitative estimate of drug-likeness (QED) is 0.575. The molecular weight excluding hydrogens is 440 g/mol. The number of benzene rings is 1. The molecule has 2 amide bonds. The van der Waals surface area contributed by atoms with Crippen LogP contribution in [0, 0.1) is 11.8 Å². The summed E-state index contributed by atoms with van der Waals surface area (Å²) >= 11 is 1.41. The van der Waals surface area contributed by atoms with Crippen LogP contribution in [0.4, 0.5) is 5.13 Å². The second-order valence-electron chi connectivity index (χ2n) is 8.89. The summed E-state index contributed by atoms with van der Waals surface area (Å²) in [5.41, 5.74) is 1.32. The van der Waals surface area contributed by atoms with Gasteiger partial charge < -0.3 is 20.1 Å². The highest BCUT2D eigenvalue weighted by molar-refractivity contribution is 7.13. The number of carbonyl (C=O) groups excluding carboxylic acids is 2. The lowest BCUT2D eigenvalue weighted by Crippen LogP contribution is -2.47. The number of piperidine rings is 1. The van der Waals surface area contributed by atoms with Gasteiger partial charge in [0.05, 0.1) is 19.9 Å². The number of hydrogen-bond donors (Lipinski definition) is 2. The van der Waals surface area contributed by atoms with E-state index in [9.17, 15) is 9.59 Å². The second-order valence-corrected chi connectivity index (χ2v) is 9.75. The smallest absolute Gasteiger partial charge is 0.252 e. The topological polar surface area (TPSA) is 92.8 Å². The minimum atomic E-state index is -0.717. The number of ether oxygens (including phenoxy) is 2. The summed E-state index contributed by atoms with van der Waals surface area (Å²) in [4.78, 5) is 32.9. The van der Waals surface area contributed by atoms with Crippen LogP contribution in [0.2, 0.25) is 0 Å². The Hall–Kier alpha value is -2.65. The van der Waals surface area contributed by atoms with E-state index >= 15 is 0 Å². The highest BCUT2D eigenvalue weighted by atomic mass is 32.1. The number of aromatic nitrogens is 1. The molecule has 1 aliphatic heterocycles. The molecule has 2 aromatic rings. The first-order valence-electron chi connectivity index (χ1n) is 11.3. The molecule has 1 aromatic heterocycles. The van der Waals surface area contributed by atoms with E-state index in [4.69, 9.17) is 9.47 Å². The maximum atomic E-state index is 13.0. The lowest BCUT2D eigenvalue weighted by atomic mass is 9.99. The summed E-state index contributed by atoms with van der Waals surface area (Å²) in [5.74, 6) is 1.01. The van der Waals surface area contributed by atoms with Gasteiger partial charge in [-0.25, -0.2) is 4.98 Å². The first-order chi connectivity index (χ1) is 15.8. The SMILES string of the molecule is COc1cc(OC)cc(C(=O)NC(C(=O)Nc2nc(CN3CCC(C)CC3)cs2)C(C)C)c1. The van der Waals surface area contributed by atoms with Gasteiger partial charge in [-0.2, -0.15) is 0 Å². The predicted octanol–water partition coefficient (Wildman–Crippen LogP) is 3.79. The molecule has 1 unspecified atom stereocenters. The zero-order valence-corrected chi connectivity index (χ0v) is 20.8. The van der Waals surface area contributed by atoms with Crippen LogP contribution >= 0.6 is 11.3 Å². The Morgan fingerprint density at radius 3 is 2.36 bits per heavy atom. The molecule has 33 heavy (non-hydrogen) atoms. The number of nitrogens with one attached hydrogen (secondary N) is 2. The summed E-state index contributed by atoms with van der Waals surface area (Å²) in [6.45, 7) is 9.03. The van der Waals surface area contributed by atoms with Crippen LogP contribution in [0.5, 0.6) is 11.5 Å². The van der Waals surface area contributed by atoms with Gasteiger partial charge in [0.2, 0.25) is 5.91 Å². The fourth-order valence-corrected chi connectivity index (χ4v) is 4.47. The molecule has 3 rings (SSSR count). The number of hydrogen-bond acceptors (Lipinski definition) is 7. The van der Waals surface area contributed by atoms with Crippen molar-refractivity contribution < 1.29 is 19.1 Å². The molecule has 8 nitrogen and oxygen atoms in total. The molecular formula is C24H34N4O4S. The lowest BCUT2D eigenvalue weighted by molar-refractivity contribution is -0.118. The molecule has 0 bridgehead atoms. The number of anilines is 1. The van der Waals surface area contributed by atoms with E-state index in [2.05, 4.69) is 27.4 Å². The van der Waals surface area contributed by atoms with Gasteiger partial charge in [0, 0.05) is 23.6 Å². The summed E-state index contributed by atoms with van der Waals surface area (Å²) in [6, 6.07) is 4.20. The first kappa shape index (κ1) is 25.0. The van der Waals surface area contributed by atoms with Gasteiger partial charge in [-0.1, -0.05) is 20.8 Å². The van der Waals surface area contributed by atoms with Crippen molar-refractivity contribution in [2.45, 2.75) is 46.2 Å². The van der Waals surface area contributed by atoms with E-state index in [1.807, 2.05) is 19.2 Å². The maximum absolute atomic E-state index is 13.0. The molecule has 1 aliphatic rings. The third kappa shape index (κ3) is 6.91. The normalized spacial score (nSPS) is 15.8. The highest BCUT2D eigenvalue weighted by Crippen LogP contribution is 2.24. The van der Waals surface area contributed by atoms with Crippen LogP contribution in [-0.2, 0) is 11.3 Å². The number of likely N-dealkylation sites (tertiary alicyclic amines) is 1. The highest BCUT2D eigenvalue weighted by Gasteiger charge is 2.26. The maximum Gasteiger partial charge on any atom is 0.252 e. The van der Waals surface area contributed by atoms with E-state index in [0.717, 1.165) is 31.2 Å². The second kappa shape index (κ2) is 11.5. The number of methoxy groups -OCH3 is 2. The predicted molar refractivity (Wildman–Crippen MR) is 130 cm³/mol. The zero-order chi connectivity index (χ0) is 24.0. The summed E-state index contributed by atoms with van der Waals surface area (Å²) in [5, 5.41) is 8.24.